The van der Waals surface area contributed by atoms with Crippen LogP contribution in [0, 0.1) is 0 Å². The molecule has 2 aromatic carbocycles. The number of carbonyl (C=O) groups is 1. The number of β-amino-alcohol motifs (C(OH)–C–C–N with tert-alkyl or cyclic N) is 1. The van der Waals surface area contributed by atoms with Gasteiger partial charge in [-0.3, -0.25) is 9.89 Å². The lowest BCUT2D eigenvalue weighted by molar-refractivity contribution is 0.0711. The summed E-state index contributed by atoms with van der Waals surface area (Å²) in [7, 11) is 1.61. The largest absolute Gasteiger partial charge is 0.497 e. The summed E-state index contributed by atoms with van der Waals surface area (Å²) in [4.78, 5) is 14.8. The molecule has 0 bridgehead atoms. The van der Waals surface area contributed by atoms with Gasteiger partial charge < -0.3 is 14.7 Å². The first-order chi connectivity index (χ1) is 12.2. The van der Waals surface area contributed by atoms with Crippen LogP contribution in [0.25, 0.3) is 10.9 Å². The number of aromatic amines is 1. The SMILES string of the molecule is COc1cccc([C@@H]2C[C@@H](O)CN2C(=O)c2n[nH]c3ccccc23)c1. The molecule has 1 amide bonds. The number of amides is 1. The van der Waals surface area contributed by atoms with Gasteiger partial charge in [0, 0.05) is 11.9 Å². The lowest BCUT2D eigenvalue weighted by atomic mass is 10.0. The standard InChI is InChI=1S/C19H19N3O3/c1-25-14-6-4-5-12(9-14)17-10-13(23)11-22(17)19(24)18-15-7-2-3-8-16(15)20-21-18/h2-9,13,17,23H,10-11H2,1H3,(H,20,21)/t13-,17+/m1/s1. The first kappa shape index (κ1) is 15.7. The number of aliphatic hydroxyl groups is 1. The predicted octanol–water partition coefficient (Wildman–Crippen LogP) is 2.52. The topological polar surface area (TPSA) is 78.5 Å². The van der Waals surface area contributed by atoms with Crippen molar-refractivity contribution in [3.8, 4) is 5.75 Å². The van der Waals surface area contributed by atoms with Crippen molar-refractivity contribution in [2.24, 2.45) is 0 Å². The van der Waals surface area contributed by atoms with Crippen LogP contribution in [0.15, 0.2) is 48.5 Å². The van der Waals surface area contributed by atoms with Crippen LogP contribution >= 0.6 is 0 Å². The number of nitrogens with zero attached hydrogens (tertiary/aromatic N) is 2. The fourth-order valence-electron chi connectivity index (χ4n) is 3.47. The number of rotatable bonds is 3. The number of carbonyl (C=O) groups excluding carboxylic acids is 1. The van der Waals surface area contributed by atoms with Gasteiger partial charge in [-0.1, -0.05) is 30.3 Å². The van der Waals surface area contributed by atoms with E-state index in [1.807, 2.05) is 48.5 Å². The summed E-state index contributed by atoms with van der Waals surface area (Å²) in [6.07, 6.45) is -0.0493. The summed E-state index contributed by atoms with van der Waals surface area (Å²) < 4.78 is 5.28. The van der Waals surface area contributed by atoms with E-state index >= 15 is 0 Å². The van der Waals surface area contributed by atoms with E-state index in [4.69, 9.17) is 4.74 Å². The number of aliphatic hydroxyl groups excluding tert-OH is 1. The van der Waals surface area contributed by atoms with Crippen molar-refractivity contribution >= 4 is 16.8 Å². The van der Waals surface area contributed by atoms with Crippen LogP contribution in [0.3, 0.4) is 0 Å². The second-order valence-corrected chi connectivity index (χ2v) is 6.26. The van der Waals surface area contributed by atoms with Crippen molar-refractivity contribution in [1.82, 2.24) is 15.1 Å². The average Bonchev–Trinajstić information content (AvgIpc) is 3.25. The molecule has 6 nitrogen and oxygen atoms in total. The first-order valence-corrected chi connectivity index (χ1v) is 8.23. The maximum absolute atomic E-state index is 13.1. The Morgan fingerprint density at radius 2 is 2.12 bits per heavy atom. The van der Waals surface area contributed by atoms with Crippen molar-refractivity contribution < 1.29 is 14.6 Å². The molecule has 1 fully saturated rings. The number of hydrogen-bond donors (Lipinski definition) is 2. The van der Waals surface area contributed by atoms with Gasteiger partial charge in [0.05, 0.1) is 24.8 Å². The minimum absolute atomic E-state index is 0.179. The van der Waals surface area contributed by atoms with E-state index < -0.39 is 6.10 Å². The summed E-state index contributed by atoms with van der Waals surface area (Å²) in [5, 5.41) is 18.1. The Morgan fingerprint density at radius 1 is 1.28 bits per heavy atom. The fourth-order valence-corrected chi connectivity index (χ4v) is 3.47. The van der Waals surface area contributed by atoms with Gasteiger partial charge >= 0.3 is 0 Å². The van der Waals surface area contributed by atoms with Crippen LogP contribution < -0.4 is 4.74 Å². The zero-order valence-electron chi connectivity index (χ0n) is 13.8. The fraction of sp³-hybridized carbons (Fsp3) is 0.263. The molecule has 1 saturated heterocycles. The summed E-state index contributed by atoms with van der Waals surface area (Å²) in [5.41, 5.74) is 2.16. The van der Waals surface area contributed by atoms with E-state index in [2.05, 4.69) is 10.2 Å². The normalized spacial score (nSPS) is 20.2. The number of benzene rings is 2. The Balaban J connectivity index is 1.70. The Morgan fingerprint density at radius 3 is 2.96 bits per heavy atom. The molecule has 1 aromatic heterocycles. The summed E-state index contributed by atoms with van der Waals surface area (Å²) in [6.45, 7) is 0.294. The molecular weight excluding hydrogens is 318 g/mol. The zero-order chi connectivity index (χ0) is 17.4. The van der Waals surface area contributed by atoms with E-state index in [0.717, 1.165) is 22.2 Å². The van der Waals surface area contributed by atoms with Gasteiger partial charge in [-0.2, -0.15) is 5.10 Å². The molecule has 0 saturated carbocycles. The number of H-pyrrole nitrogens is 1. The van der Waals surface area contributed by atoms with Crippen LogP contribution in [-0.2, 0) is 0 Å². The minimum Gasteiger partial charge on any atom is -0.497 e. The van der Waals surface area contributed by atoms with Gasteiger partial charge in [0.15, 0.2) is 5.69 Å². The number of methoxy groups -OCH3 is 1. The number of ether oxygens (including phenoxy) is 1. The van der Waals surface area contributed by atoms with E-state index in [0.29, 0.717) is 18.7 Å². The molecule has 1 aliphatic rings. The van der Waals surface area contributed by atoms with Gasteiger partial charge in [-0.05, 0) is 30.2 Å². The quantitative estimate of drug-likeness (QED) is 0.770. The highest BCUT2D eigenvalue weighted by atomic mass is 16.5. The highest BCUT2D eigenvalue weighted by molar-refractivity contribution is 6.04. The second-order valence-electron chi connectivity index (χ2n) is 6.26. The van der Waals surface area contributed by atoms with E-state index in [1.165, 1.54) is 0 Å². The van der Waals surface area contributed by atoms with E-state index in [1.54, 1.807) is 12.0 Å². The third kappa shape index (κ3) is 2.74. The highest BCUT2D eigenvalue weighted by Gasteiger charge is 2.37. The molecule has 25 heavy (non-hydrogen) atoms. The molecule has 128 valence electrons. The molecule has 2 atom stereocenters. The van der Waals surface area contributed by atoms with Gasteiger partial charge in [0.25, 0.3) is 5.91 Å². The Labute approximate surface area is 145 Å². The van der Waals surface area contributed by atoms with Crippen molar-refractivity contribution in [1.29, 1.82) is 0 Å². The molecular formula is C19H19N3O3. The number of hydrogen-bond acceptors (Lipinski definition) is 4. The number of para-hydroxylation sites is 1. The Hall–Kier alpha value is -2.86. The summed E-state index contributed by atoms with van der Waals surface area (Å²) in [5.74, 6) is 0.554. The van der Waals surface area contributed by atoms with Gasteiger partial charge in [0.2, 0.25) is 0 Å². The Kier molecular flexibility index (Phi) is 3.89. The molecule has 0 spiro atoms. The maximum Gasteiger partial charge on any atom is 0.275 e. The predicted molar refractivity (Wildman–Crippen MR) is 93.5 cm³/mol. The molecule has 2 heterocycles. The van der Waals surface area contributed by atoms with E-state index in [-0.39, 0.29) is 11.9 Å². The number of nitrogens with one attached hydrogen (secondary N) is 1. The van der Waals surface area contributed by atoms with Gasteiger partial charge in [-0.15, -0.1) is 0 Å². The van der Waals surface area contributed by atoms with Crippen molar-refractivity contribution in [2.45, 2.75) is 18.6 Å². The van der Waals surface area contributed by atoms with Crippen LogP contribution in [0.2, 0.25) is 0 Å². The van der Waals surface area contributed by atoms with Crippen molar-refractivity contribution in [2.75, 3.05) is 13.7 Å². The molecule has 0 aliphatic carbocycles. The van der Waals surface area contributed by atoms with Crippen LogP contribution in [0.1, 0.15) is 28.5 Å². The van der Waals surface area contributed by atoms with Crippen molar-refractivity contribution in [3.05, 3.63) is 59.8 Å². The first-order valence-electron chi connectivity index (χ1n) is 8.23. The molecule has 0 unspecified atom stereocenters. The third-order valence-electron chi connectivity index (χ3n) is 4.69. The average molecular weight is 337 g/mol. The van der Waals surface area contributed by atoms with Crippen LogP contribution in [-0.4, -0.2) is 45.9 Å². The molecule has 0 radical (unpaired) electrons. The van der Waals surface area contributed by atoms with Gasteiger partial charge in [-0.25, -0.2) is 0 Å². The monoisotopic (exact) mass is 337 g/mol. The Bertz CT molecular complexity index is 921. The zero-order valence-corrected chi connectivity index (χ0v) is 13.8. The van der Waals surface area contributed by atoms with E-state index in [9.17, 15) is 9.90 Å². The number of aromatic nitrogens is 2. The van der Waals surface area contributed by atoms with Crippen LogP contribution in [0.4, 0.5) is 0 Å². The molecule has 3 aromatic rings. The highest BCUT2D eigenvalue weighted by Crippen LogP contribution is 2.35. The maximum atomic E-state index is 13.1. The number of likely N-dealkylation sites (tertiary alicyclic amines) is 1. The molecule has 6 heteroatoms. The van der Waals surface area contributed by atoms with Gasteiger partial charge in [0.1, 0.15) is 5.75 Å². The summed E-state index contributed by atoms with van der Waals surface area (Å²) in [6, 6.07) is 15.0. The number of fused-ring (bicyclic) bond motifs is 1. The molecule has 2 N–H and O–H groups in total. The lowest BCUT2D eigenvalue weighted by Crippen LogP contribution is -2.32. The third-order valence-corrected chi connectivity index (χ3v) is 4.69. The minimum atomic E-state index is -0.551. The van der Waals surface area contributed by atoms with Crippen LogP contribution in [0.5, 0.6) is 5.75 Å². The second kappa shape index (κ2) is 6.22. The molecule has 4 rings (SSSR count). The lowest BCUT2D eigenvalue weighted by Gasteiger charge is -2.24. The molecule has 1 aliphatic heterocycles. The summed E-state index contributed by atoms with van der Waals surface area (Å²) >= 11 is 0. The van der Waals surface area contributed by atoms with Crippen molar-refractivity contribution in [3.63, 3.8) is 0 Å². The smallest absolute Gasteiger partial charge is 0.275 e.